The molecule has 2 aliphatic rings. The third kappa shape index (κ3) is 2.12. The number of nitrogens with two attached hydrogens (primary N) is 1. The molecule has 2 nitrogen and oxygen atoms in total. The van der Waals surface area contributed by atoms with Crippen molar-refractivity contribution < 1.29 is 0 Å². The number of hydrogen-bond donors (Lipinski definition) is 2. The third-order valence-electron chi connectivity index (χ3n) is 3.35. The molecule has 0 heterocycles. The van der Waals surface area contributed by atoms with Crippen molar-refractivity contribution >= 4 is 0 Å². The van der Waals surface area contributed by atoms with Crippen molar-refractivity contribution in [2.24, 2.45) is 17.1 Å². The molecule has 2 heteroatoms. The van der Waals surface area contributed by atoms with Gasteiger partial charge in [0.05, 0.1) is 0 Å². The first kappa shape index (κ1) is 9.22. The van der Waals surface area contributed by atoms with Gasteiger partial charge in [-0.3, -0.25) is 0 Å². The van der Waals surface area contributed by atoms with Crippen molar-refractivity contribution in [1.82, 2.24) is 5.32 Å². The average Bonchev–Trinajstić information content (AvgIpc) is 2.45. The number of nitrogens with one attached hydrogen (secondary N) is 1. The highest BCUT2D eigenvalue weighted by Gasteiger charge is 2.45. The van der Waals surface area contributed by atoms with Crippen molar-refractivity contribution in [1.29, 1.82) is 0 Å². The summed E-state index contributed by atoms with van der Waals surface area (Å²) in [5, 5.41) is 3.60. The van der Waals surface area contributed by atoms with Crippen LogP contribution in [0.1, 0.15) is 26.7 Å². The van der Waals surface area contributed by atoms with Crippen LogP contribution in [-0.4, -0.2) is 18.6 Å². The molecule has 1 saturated carbocycles. The topological polar surface area (TPSA) is 38.0 Å². The molecule has 74 valence electrons. The standard InChI is InChI=1S/C11H20N2/c1-11(2)6-10(11)13-7-8-3-4-9(12)5-8/h3-4,8-10,13H,5-7,12H2,1-2H3. The molecule has 0 saturated heterocycles. The van der Waals surface area contributed by atoms with Gasteiger partial charge in [0, 0.05) is 18.6 Å². The molecule has 3 N–H and O–H groups in total. The maximum absolute atomic E-state index is 5.79. The lowest BCUT2D eigenvalue weighted by molar-refractivity contribution is 0.484. The minimum atomic E-state index is 0.305. The minimum Gasteiger partial charge on any atom is -0.324 e. The van der Waals surface area contributed by atoms with Gasteiger partial charge in [0.1, 0.15) is 0 Å². The highest BCUT2D eigenvalue weighted by Crippen LogP contribution is 2.44. The Morgan fingerprint density at radius 2 is 2.15 bits per heavy atom. The minimum absolute atomic E-state index is 0.305. The SMILES string of the molecule is CC1(C)CC1NCC1C=CC(N)C1. The second-order valence-corrected chi connectivity index (χ2v) is 5.20. The largest absolute Gasteiger partial charge is 0.324 e. The lowest BCUT2D eigenvalue weighted by Gasteiger charge is -2.11. The van der Waals surface area contributed by atoms with Crippen LogP contribution in [0.15, 0.2) is 12.2 Å². The van der Waals surface area contributed by atoms with Gasteiger partial charge >= 0.3 is 0 Å². The van der Waals surface area contributed by atoms with E-state index in [0.717, 1.165) is 19.0 Å². The first-order valence-corrected chi connectivity index (χ1v) is 5.25. The Balaban J connectivity index is 1.67. The fraction of sp³-hybridized carbons (Fsp3) is 0.818. The smallest absolute Gasteiger partial charge is 0.0229 e. The Bertz CT molecular complexity index is 220. The Morgan fingerprint density at radius 1 is 1.46 bits per heavy atom. The van der Waals surface area contributed by atoms with Gasteiger partial charge in [-0.1, -0.05) is 26.0 Å². The first-order chi connectivity index (χ1) is 6.08. The zero-order valence-corrected chi connectivity index (χ0v) is 8.59. The molecule has 0 radical (unpaired) electrons. The Kier molecular flexibility index (Phi) is 2.20. The van der Waals surface area contributed by atoms with Gasteiger partial charge in [-0.15, -0.1) is 0 Å². The molecule has 0 bridgehead atoms. The molecule has 0 spiro atoms. The summed E-state index contributed by atoms with van der Waals surface area (Å²) in [6.07, 6.45) is 6.84. The van der Waals surface area contributed by atoms with Gasteiger partial charge < -0.3 is 11.1 Å². The average molecular weight is 180 g/mol. The zero-order chi connectivity index (χ0) is 9.47. The van der Waals surface area contributed by atoms with Gasteiger partial charge in [-0.05, 0) is 24.2 Å². The van der Waals surface area contributed by atoms with Crippen molar-refractivity contribution in [3.05, 3.63) is 12.2 Å². The van der Waals surface area contributed by atoms with E-state index >= 15 is 0 Å². The summed E-state index contributed by atoms with van der Waals surface area (Å²) in [4.78, 5) is 0. The van der Waals surface area contributed by atoms with E-state index in [9.17, 15) is 0 Å². The summed E-state index contributed by atoms with van der Waals surface area (Å²) >= 11 is 0. The molecule has 0 aromatic heterocycles. The molecule has 0 aromatic carbocycles. The lowest BCUT2D eigenvalue weighted by atomic mass is 10.1. The van der Waals surface area contributed by atoms with E-state index in [4.69, 9.17) is 5.73 Å². The highest BCUT2D eigenvalue weighted by atomic mass is 15.0. The van der Waals surface area contributed by atoms with E-state index in [-0.39, 0.29) is 0 Å². The second kappa shape index (κ2) is 3.10. The van der Waals surface area contributed by atoms with E-state index in [1.165, 1.54) is 6.42 Å². The molecular weight excluding hydrogens is 160 g/mol. The molecule has 0 aliphatic heterocycles. The van der Waals surface area contributed by atoms with E-state index in [1.54, 1.807) is 0 Å². The summed E-state index contributed by atoms with van der Waals surface area (Å²) in [6.45, 7) is 5.75. The lowest BCUT2D eigenvalue weighted by Crippen LogP contribution is -2.27. The predicted molar refractivity (Wildman–Crippen MR) is 55.4 cm³/mol. The maximum Gasteiger partial charge on any atom is 0.0229 e. The summed E-state index contributed by atoms with van der Waals surface area (Å²) in [5.41, 5.74) is 6.33. The van der Waals surface area contributed by atoms with Gasteiger partial charge in [-0.2, -0.15) is 0 Å². The van der Waals surface area contributed by atoms with Crippen LogP contribution in [0, 0.1) is 11.3 Å². The Labute approximate surface area is 80.6 Å². The fourth-order valence-corrected chi connectivity index (χ4v) is 2.07. The zero-order valence-electron chi connectivity index (χ0n) is 8.59. The molecule has 0 amide bonds. The van der Waals surface area contributed by atoms with Gasteiger partial charge in [-0.25, -0.2) is 0 Å². The number of hydrogen-bond acceptors (Lipinski definition) is 2. The molecule has 3 unspecified atom stereocenters. The Morgan fingerprint density at radius 3 is 2.62 bits per heavy atom. The van der Waals surface area contributed by atoms with Crippen molar-refractivity contribution in [3.63, 3.8) is 0 Å². The quantitative estimate of drug-likeness (QED) is 0.642. The van der Waals surface area contributed by atoms with E-state index in [0.29, 0.717) is 17.4 Å². The van der Waals surface area contributed by atoms with Crippen molar-refractivity contribution in [2.75, 3.05) is 6.54 Å². The first-order valence-electron chi connectivity index (χ1n) is 5.25. The van der Waals surface area contributed by atoms with Crippen LogP contribution in [0.3, 0.4) is 0 Å². The van der Waals surface area contributed by atoms with Crippen LogP contribution in [0.25, 0.3) is 0 Å². The van der Waals surface area contributed by atoms with Crippen LogP contribution < -0.4 is 11.1 Å². The Hall–Kier alpha value is -0.340. The van der Waals surface area contributed by atoms with Crippen LogP contribution in [-0.2, 0) is 0 Å². The van der Waals surface area contributed by atoms with E-state index in [2.05, 4.69) is 31.3 Å². The summed E-state index contributed by atoms with van der Waals surface area (Å²) in [6, 6.07) is 1.05. The van der Waals surface area contributed by atoms with Gasteiger partial charge in [0.2, 0.25) is 0 Å². The van der Waals surface area contributed by atoms with Gasteiger partial charge in [0.15, 0.2) is 0 Å². The molecular formula is C11H20N2. The molecule has 2 aliphatic carbocycles. The normalized spacial score (nSPS) is 41.0. The van der Waals surface area contributed by atoms with Crippen LogP contribution in [0.5, 0.6) is 0 Å². The van der Waals surface area contributed by atoms with Crippen LogP contribution >= 0.6 is 0 Å². The van der Waals surface area contributed by atoms with Crippen LogP contribution in [0.2, 0.25) is 0 Å². The van der Waals surface area contributed by atoms with Gasteiger partial charge in [0.25, 0.3) is 0 Å². The summed E-state index contributed by atoms with van der Waals surface area (Å²) in [7, 11) is 0. The predicted octanol–water partition coefficient (Wildman–Crippen LogP) is 1.28. The number of rotatable bonds is 3. The molecule has 0 aromatic rings. The van der Waals surface area contributed by atoms with E-state index in [1.807, 2.05) is 0 Å². The highest BCUT2D eigenvalue weighted by molar-refractivity contribution is 5.07. The molecule has 1 fully saturated rings. The summed E-state index contributed by atoms with van der Waals surface area (Å²) < 4.78 is 0. The summed E-state index contributed by atoms with van der Waals surface area (Å²) in [5.74, 6) is 0.673. The van der Waals surface area contributed by atoms with Crippen molar-refractivity contribution in [2.45, 2.75) is 38.8 Å². The third-order valence-corrected chi connectivity index (χ3v) is 3.35. The van der Waals surface area contributed by atoms with Crippen molar-refractivity contribution in [3.8, 4) is 0 Å². The fourth-order valence-electron chi connectivity index (χ4n) is 2.07. The van der Waals surface area contributed by atoms with Crippen LogP contribution in [0.4, 0.5) is 0 Å². The molecule has 3 atom stereocenters. The molecule has 13 heavy (non-hydrogen) atoms. The maximum atomic E-state index is 5.79. The second-order valence-electron chi connectivity index (χ2n) is 5.20. The monoisotopic (exact) mass is 180 g/mol. The van der Waals surface area contributed by atoms with E-state index < -0.39 is 0 Å². The molecule has 2 rings (SSSR count).